The Morgan fingerprint density at radius 1 is 1.03 bits per heavy atom. The molecule has 0 N–H and O–H groups in total. The summed E-state index contributed by atoms with van der Waals surface area (Å²) in [6.45, 7) is 5.92. The van der Waals surface area contributed by atoms with E-state index >= 15 is 0 Å². The number of benzene rings is 1. The van der Waals surface area contributed by atoms with Gasteiger partial charge in [-0.05, 0) is 43.1 Å². The molecule has 0 amide bonds. The average molecular weight is 455 g/mol. The first-order valence-corrected chi connectivity index (χ1v) is 12.0. The van der Waals surface area contributed by atoms with Gasteiger partial charge in [0.05, 0.1) is 15.7 Å². The summed E-state index contributed by atoms with van der Waals surface area (Å²) >= 11 is 12.5. The lowest BCUT2D eigenvalue weighted by Gasteiger charge is -2.40. The smallest absolute Gasteiger partial charge is 0.244 e. The quantitative estimate of drug-likeness (QED) is 0.670. The van der Waals surface area contributed by atoms with E-state index < -0.39 is 10.0 Å². The molecular weight excluding hydrogens is 431 g/mol. The second kappa shape index (κ2) is 8.78. The van der Waals surface area contributed by atoms with Crippen molar-refractivity contribution in [3.05, 3.63) is 52.8 Å². The summed E-state index contributed by atoms with van der Waals surface area (Å²) in [6.07, 6.45) is 4.00. The van der Waals surface area contributed by atoms with Gasteiger partial charge in [0.25, 0.3) is 0 Å². The van der Waals surface area contributed by atoms with Gasteiger partial charge in [0, 0.05) is 51.7 Å². The fraction of sp³-hybridized carbons (Fsp3) is 0.450. The highest BCUT2D eigenvalue weighted by molar-refractivity contribution is 7.89. The van der Waals surface area contributed by atoms with Crippen molar-refractivity contribution in [2.24, 2.45) is 5.92 Å². The van der Waals surface area contributed by atoms with Gasteiger partial charge in [-0.3, -0.25) is 9.88 Å². The summed E-state index contributed by atoms with van der Waals surface area (Å²) in [4.78, 5) is 8.90. The molecule has 0 bridgehead atoms. The number of anilines is 1. The first kappa shape index (κ1) is 20.9. The number of aromatic nitrogens is 1. The summed E-state index contributed by atoms with van der Waals surface area (Å²) in [5.41, 5.74) is 0.994. The molecule has 1 aromatic heterocycles. The van der Waals surface area contributed by atoms with E-state index in [1.807, 2.05) is 12.1 Å². The molecule has 4 rings (SSSR count). The molecule has 156 valence electrons. The van der Waals surface area contributed by atoms with E-state index in [4.69, 9.17) is 23.2 Å². The van der Waals surface area contributed by atoms with E-state index in [1.54, 1.807) is 28.7 Å². The maximum Gasteiger partial charge on any atom is 0.244 e. The molecule has 0 unspecified atom stereocenters. The van der Waals surface area contributed by atoms with Gasteiger partial charge in [0.1, 0.15) is 4.90 Å². The number of piperazine rings is 1. The van der Waals surface area contributed by atoms with Crippen molar-refractivity contribution < 1.29 is 8.42 Å². The van der Waals surface area contributed by atoms with Crippen molar-refractivity contribution >= 4 is 38.9 Å². The minimum atomic E-state index is -3.40. The van der Waals surface area contributed by atoms with E-state index in [-0.39, 0.29) is 4.90 Å². The van der Waals surface area contributed by atoms with Crippen molar-refractivity contribution in [3.8, 4) is 0 Å². The zero-order chi connectivity index (χ0) is 20.4. The number of nitrogens with zero attached hydrogens (tertiary/aromatic N) is 4. The number of hydrogen-bond acceptors (Lipinski definition) is 5. The molecule has 6 nitrogen and oxygen atoms in total. The Kier molecular flexibility index (Phi) is 6.32. The van der Waals surface area contributed by atoms with E-state index in [2.05, 4.69) is 14.8 Å². The molecule has 2 aliphatic rings. The summed E-state index contributed by atoms with van der Waals surface area (Å²) in [5.74, 6) is 0.418. The van der Waals surface area contributed by atoms with Gasteiger partial charge in [-0.25, -0.2) is 8.42 Å². The van der Waals surface area contributed by atoms with Gasteiger partial charge >= 0.3 is 0 Å². The molecule has 0 aliphatic carbocycles. The van der Waals surface area contributed by atoms with Crippen molar-refractivity contribution in [2.45, 2.75) is 11.3 Å². The Morgan fingerprint density at radius 2 is 1.79 bits per heavy atom. The summed E-state index contributed by atoms with van der Waals surface area (Å²) in [5, 5.41) is 1.20. The Bertz CT molecular complexity index is 944. The lowest BCUT2D eigenvalue weighted by molar-refractivity contribution is 0.158. The monoisotopic (exact) mass is 454 g/mol. The van der Waals surface area contributed by atoms with Crippen molar-refractivity contribution in [2.75, 3.05) is 50.7 Å². The highest BCUT2D eigenvalue weighted by atomic mass is 35.5. The zero-order valence-electron chi connectivity index (χ0n) is 16.0. The van der Waals surface area contributed by atoms with Crippen LogP contribution in [0.5, 0.6) is 0 Å². The Hall–Kier alpha value is -1.38. The van der Waals surface area contributed by atoms with E-state index in [0.29, 0.717) is 29.1 Å². The molecule has 0 radical (unpaired) electrons. The van der Waals surface area contributed by atoms with E-state index in [9.17, 15) is 8.42 Å². The number of hydrogen-bond donors (Lipinski definition) is 0. The zero-order valence-corrected chi connectivity index (χ0v) is 18.4. The second-order valence-electron chi connectivity index (χ2n) is 7.57. The molecule has 29 heavy (non-hydrogen) atoms. The van der Waals surface area contributed by atoms with Crippen LogP contribution in [0.4, 0.5) is 5.69 Å². The average Bonchev–Trinajstić information content (AvgIpc) is 2.70. The normalized spacial score (nSPS) is 19.3. The molecule has 1 aromatic carbocycles. The van der Waals surface area contributed by atoms with Gasteiger partial charge in [-0.15, -0.1) is 0 Å². The van der Waals surface area contributed by atoms with Crippen molar-refractivity contribution in [1.82, 2.24) is 14.2 Å². The number of sulfonamides is 1. The highest BCUT2D eigenvalue weighted by Gasteiger charge is 2.36. The summed E-state index contributed by atoms with van der Waals surface area (Å²) in [6, 6.07) is 9.00. The molecule has 2 aliphatic heterocycles. The molecule has 2 fully saturated rings. The van der Waals surface area contributed by atoms with Gasteiger partial charge in [0.15, 0.2) is 0 Å². The fourth-order valence-electron chi connectivity index (χ4n) is 3.86. The largest absolute Gasteiger partial charge is 0.368 e. The van der Waals surface area contributed by atoms with Gasteiger partial charge < -0.3 is 4.90 Å². The molecule has 0 spiro atoms. The van der Waals surface area contributed by atoms with Crippen LogP contribution in [0.25, 0.3) is 0 Å². The summed E-state index contributed by atoms with van der Waals surface area (Å²) in [7, 11) is -3.40. The maximum absolute atomic E-state index is 12.5. The standard InChI is InChI=1S/C20H24Cl2N4O2S/c21-18-4-1-5-19(20(18)22)25-11-9-24(10-12-25)8-6-16-14-26(15-16)29(27,28)17-3-2-7-23-13-17/h1-5,7,13,16H,6,8-12,14-15H2. The van der Waals surface area contributed by atoms with Crippen molar-refractivity contribution in [1.29, 1.82) is 0 Å². The first-order chi connectivity index (χ1) is 13.9. The third kappa shape index (κ3) is 4.54. The van der Waals surface area contributed by atoms with E-state index in [1.165, 1.54) is 6.20 Å². The minimum Gasteiger partial charge on any atom is -0.368 e. The van der Waals surface area contributed by atoms with Crippen LogP contribution in [0.1, 0.15) is 6.42 Å². The third-order valence-corrected chi connectivity index (χ3v) is 8.32. The molecule has 2 aromatic rings. The van der Waals surface area contributed by atoms with E-state index in [0.717, 1.165) is 44.8 Å². The van der Waals surface area contributed by atoms with Gasteiger partial charge in [-0.2, -0.15) is 4.31 Å². The van der Waals surface area contributed by atoms with Gasteiger partial charge in [0.2, 0.25) is 10.0 Å². The van der Waals surface area contributed by atoms with Crippen LogP contribution in [-0.4, -0.2) is 68.4 Å². The predicted molar refractivity (Wildman–Crippen MR) is 116 cm³/mol. The molecule has 0 saturated carbocycles. The predicted octanol–water partition coefficient (Wildman–Crippen LogP) is 3.22. The van der Waals surface area contributed by atoms with Crippen LogP contribution in [0, 0.1) is 5.92 Å². The lowest BCUT2D eigenvalue weighted by Crippen LogP contribution is -2.52. The number of rotatable bonds is 6. The lowest BCUT2D eigenvalue weighted by atomic mass is 9.99. The highest BCUT2D eigenvalue weighted by Crippen LogP contribution is 2.33. The SMILES string of the molecule is O=S(=O)(c1cccnc1)N1CC(CCN2CCN(c3cccc(Cl)c3Cl)CC2)C1. The van der Waals surface area contributed by atoms with Gasteiger partial charge in [-0.1, -0.05) is 29.3 Å². The molecule has 9 heteroatoms. The summed E-state index contributed by atoms with van der Waals surface area (Å²) < 4.78 is 26.6. The third-order valence-electron chi connectivity index (χ3n) is 5.69. The molecule has 2 saturated heterocycles. The minimum absolute atomic E-state index is 0.272. The van der Waals surface area contributed by atoms with Crippen LogP contribution in [-0.2, 0) is 10.0 Å². The Morgan fingerprint density at radius 3 is 2.48 bits per heavy atom. The number of pyridine rings is 1. The van der Waals surface area contributed by atoms with Crippen LogP contribution < -0.4 is 4.90 Å². The topological polar surface area (TPSA) is 56.8 Å². The maximum atomic E-state index is 12.5. The number of halogens is 2. The Balaban J connectivity index is 1.22. The molecular formula is C20H24Cl2N4O2S. The first-order valence-electron chi connectivity index (χ1n) is 9.76. The van der Waals surface area contributed by atoms with Crippen LogP contribution in [0.2, 0.25) is 10.0 Å². The molecule has 3 heterocycles. The Labute approximate surface area is 182 Å². The van der Waals surface area contributed by atoms with Crippen LogP contribution in [0.15, 0.2) is 47.6 Å². The van der Waals surface area contributed by atoms with Crippen molar-refractivity contribution in [3.63, 3.8) is 0 Å². The second-order valence-corrected chi connectivity index (χ2v) is 10.3. The fourth-order valence-corrected chi connectivity index (χ4v) is 5.84. The molecule has 0 atom stereocenters. The van der Waals surface area contributed by atoms with Crippen LogP contribution >= 0.6 is 23.2 Å². The van der Waals surface area contributed by atoms with Crippen LogP contribution in [0.3, 0.4) is 0 Å².